The van der Waals surface area contributed by atoms with Crippen LogP contribution in [0.25, 0.3) is 0 Å². The second kappa shape index (κ2) is 9.41. The number of nitrogens with two attached hydrogens (primary N) is 1. The van der Waals surface area contributed by atoms with E-state index < -0.39 is 29.4 Å². The second-order valence-electron chi connectivity index (χ2n) is 9.33. The van der Waals surface area contributed by atoms with Crippen LogP contribution < -0.4 is 16.4 Å². The minimum absolute atomic E-state index is 0.113. The summed E-state index contributed by atoms with van der Waals surface area (Å²) in [5.41, 5.74) is 4.57. The fourth-order valence-electron chi connectivity index (χ4n) is 4.91. The highest BCUT2D eigenvalue weighted by Crippen LogP contribution is 2.45. The quantitative estimate of drug-likeness (QED) is 0.593. The number of hydrogen-bond donors (Lipinski definition) is 3. The van der Waals surface area contributed by atoms with Gasteiger partial charge in [-0.25, -0.2) is 0 Å². The fraction of sp³-hybridized carbons (Fsp3) is 0.583. The van der Waals surface area contributed by atoms with Crippen molar-refractivity contribution in [1.29, 1.82) is 0 Å². The highest BCUT2D eigenvalue weighted by atomic mass is 16.3. The molecular weight excluding hydrogens is 424 g/mol. The van der Waals surface area contributed by atoms with Crippen molar-refractivity contribution in [2.24, 2.45) is 11.7 Å². The van der Waals surface area contributed by atoms with Gasteiger partial charge >= 0.3 is 0 Å². The minimum Gasteiger partial charge on any atom is -0.456 e. The van der Waals surface area contributed by atoms with E-state index in [0.717, 1.165) is 25.7 Å². The summed E-state index contributed by atoms with van der Waals surface area (Å²) in [4.78, 5) is 53.0. The van der Waals surface area contributed by atoms with Gasteiger partial charge in [-0.15, -0.1) is 0 Å². The van der Waals surface area contributed by atoms with Crippen LogP contribution in [0.2, 0.25) is 0 Å². The molecule has 2 fully saturated rings. The van der Waals surface area contributed by atoms with Crippen molar-refractivity contribution >= 4 is 23.6 Å². The first-order chi connectivity index (χ1) is 15.8. The number of rotatable bonds is 3. The molecule has 9 heteroatoms. The molecule has 2 aliphatic heterocycles. The Morgan fingerprint density at radius 3 is 2.73 bits per heavy atom. The number of carbonyl (C=O) groups excluding carboxylic acids is 4. The number of aryl methyl sites for hydroxylation is 1. The van der Waals surface area contributed by atoms with Crippen LogP contribution in [0.1, 0.15) is 67.7 Å². The van der Waals surface area contributed by atoms with Crippen molar-refractivity contribution in [1.82, 2.24) is 15.5 Å². The topological polar surface area (TPSA) is 135 Å². The summed E-state index contributed by atoms with van der Waals surface area (Å²) < 4.78 is 5.40. The molecule has 0 aromatic carbocycles. The molecule has 4 atom stereocenters. The smallest absolute Gasteiger partial charge is 0.287 e. The first kappa shape index (κ1) is 23.1. The molecule has 0 spiro atoms. The maximum absolute atomic E-state index is 13.5. The Morgan fingerprint density at radius 2 is 2.00 bits per heavy atom. The lowest BCUT2D eigenvalue weighted by molar-refractivity contribution is -0.141. The second-order valence-corrected chi connectivity index (χ2v) is 9.33. The molecule has 3 heterocycles. The first-order valence-corrected chi connectivity index (χ1v) is 11.8. The molecule has 33 heavy (non-hydrogen) atoms. The predicted octanol–water partition coefficient (Wildman–Crippen LogP) is 1.56. The van der Waals surface area contributed by atoms with E-state index >= 15 is 0 Å². The Morgan fingerprint density at radius 1 is 1.18 bits per heavy atom. The van der Waals surface area contributed by atoms with Gasteiger partial charge in [0.25, 0.3) is 5.91 Å². The number of primary amides is 1. The summed E-state index contributed by atoms with van der Waals surface area (Å²) in [6, 6.07) is 1.83. The van der Waals surface area contributed by atoms with Gasteiger partial charge in [0.05, 0.1) is 0 Å². The maximum atomic E-state index is 13.5. The molecule has 1 aromatic rings. The highest BCUT2D eigenvalue weighted by molar-refractivity contribution is 5.99. The Kier molecular flexibility index (Phi) is 6.58. The van der Waals surface area contributed by atoms with Crippen LogP contribution in [-0.2, 0) is 14.4 Å². The molecular formula is C24H32N4O5. The third-order valence-corrected chi connectivity index (χ3v) is 6.94. The lowest BCUT2D eigenvalue weighted by Gasteiger charge is -2.29. The number of amides is 4. The van der Waals surface area contributed by atoms with Gasteiger partial charge < -0.3 is 25.7 Å². The van der Waals surface area contributed by atoms with Gasteiger partial charge in [-0.1, -0.05) is 25.0 Å². The van der Waals surface area contributed by atoms with Gasteiger partial charge in [-0.3, -0.25) is 19.2 Å². The van der Waals surface area contributed by atoms with Crippen LogP contribution in [0.3, 0.4) is 0 Å². The van der Waals surface area contributed by atoms with Crippen LogP contribution >= 0.6 is 0 Å². The average molecular weight is 457 g/mol. The lowest BCUT2D eigenvalue weighted by atomic mass is 10.0. The predicted molar refractivity (Wildman–Crippen MR) is 120 cm³/mol. The summed E-state index contributed by atoms with van der Waals surface area (Å²) in [7, 11) is 0. The molecule has 1 saturated heterocycles. The number of fused-ring (bicyclic) bond motifs is 2. The molecule has 1 aromatic heterocycles. The largest absolute Gasteiger partial charge is 0.456 e. The summed E-state index contributed by atoms with van der Waals surface area (Å²) in [5.74, 6) is -0.992. The van der Waals surface area contributed by atoms with Gasteiger partial charge in [-0.2, -0.15) is 0 Å². The molecule has 4 amide bonds. The van der Waals surface area contributed by atoms with E-state index in [4.69, 9.17) is 10.2 Å². The molecule has 0 unspecified atom stereocenters. The standard InChI is InChI=1S/C24H32N4O5/c1-15-11-12-19(33-15)21(30)26-17-9-6-4-2-3-5-8-16-14-24(16,23(25)32)27-20(29)18-10-7-13-28(18)22(17)31/h5,8,11-12,16-18H,2-4,6-7,9-10,13-14H2,1H3,(H2,25,32)(H,26,30)(H,27,29)/b8-5-/t16-,17+,18+,24-/m1/s1. The van der Waals surface area contributed by atoms with Crippen LogP contribution in [0, 0.1) is 12.8 Å². The number of allylic oxidation sites excluding steroid dienone is 1. The zero-order valence-corrected chi connectivity index (χ0v) is 19.0. The molecule has 4 rings (SSSR count). The molecule has 9 nitrogen and oxygen atoms in total. The van der Waals surface area contributed by atoms with Crippen molar-refractivity contribution in [3.05, 3.63) is 35.8 Å². The number of nitrogens with zero attached hydrogens (tertiary/aromatic N) is 1. The summed E-state index contributed by atoms with van der Waals surface area (Å²) in [6.45, 7) is 2.17. The van der Waals surface area contributed by atoms with E-state index in [0.29, 0.717) is 38.0 Å². The van der Waals surface area contributed by atoms with Gasteiger partial charge in [0.15, 0.2) is 5.76 Å². The molecule has 0 bridgehead atoms. The van der Waals surface area contributed by atoms with Crippen molar-refractivity contribution in [3.63, 3.8) is 0 Å². The molecule has 4 N–H and O–H groups in total. The van der Waals surface area contributed by atoms with Crippen LogP contribution in [0.5, 0.6) is 0 Å². The van der Waals surface area contributed by atoms with Crippen molar-refractivity contribution in [2.75, 3.05) is 6.54 Å². The summed E-state index contributed by atoms with van der Waals surface area (Å²) in [6.07, 6.45) is 9.57. The average Bonchev–Trinajstić information content (AvgIpc) is 3.11. The van der Waals surface area contributed by atoms with Crippen LogP contribution in [-0.4, -0.2) is 52.7 Å². The lowest BCUT2D eigenvalue weighted by Crippen LogP contribution is -2.57. The first-order valence-electron chi connectivity index (χ1n) is 11.8. The molecule has 1 aliphatic carbocycles. The van der Waals surface area contributed by atoms with Crippen molar-refractivity contribution in [2.45, 2.75) is 75.9 Å². The Hall–Kier alpha value is -3.10. The number of furan rings is 1. The van der Waals surface area contributed by atoms with E-state index in [-0.39, 0.29) is 23.5 Å². The van der Waals surface area contributed by atoms with Gasteiger partial charge in [0.1, 0.15) is 23.4 Å². The normalized spacial score (nSPS) is 31.4. The van der Waals surface area contributed by atoms with E-state index in [2.05, 4.69) is 10.6 Å². The Bertz CT molecular complexity index is 970. The van der Waals surface area contributed by atoms with Gasteiger partial charge in [0.2, 0.25) is 17.7 Å². The van der Waals surface area contributed by atoms with Gasteiger partial charge in [0, 0.05) is 12.5 Å². The number of carbonyl (C=O) groups is 4. The zero-order valence-electron chi connectivity index (χ0n) is 19.0. The number of hydrogen-bond acceptors (Lipinski definition) is 5. The molecule has 1 saturated carbocycles. The molecule has 0 radical (unpaired) electrons. The number of nitrogens with one attached hydrogen (secondary N) is 2. The van der Waals surface area contributed by atoms with E-state index in [1.165, 1.54) is 4.90 Å². The fourth-order valence-corrected chi connectivity index (χ4v) is 4.91. The zero-order chi connectivity index (χ0) is 23.6. The maximum Gasteiger partial charge on any atom is 0.287 e. The molecule has 178 valence electrons. The molecule has 3 aliphatic rings. The SMILES string of the molecule is Cc1ccc(C(=O)N[C@H]2CCCCC/C=C\[C@@H]3C[C@@]3(C(N)=O)NC(=O)[C@@H]3CCCN3C2=O)o1. The van der Waals surface area contributed by atoms with Crippen LogP contribution in [0.4, 0.5) is 0 Å². The van der Waals surface area contributed by atoms with Gasteiger partial charge in [-0.05, 0) is 57.6 Å². The van der Waals surface area contributed by atoms with Crippen LogP contribution in [0.15, 0.2) is 28.7 Å². The van der Waals surface area contributed by atoms with E-state index in [1.54, 1.807) is 19.1 Å². The summed E-state index contributed by atoms with van der Waals surface area (Å²) in [5, 5.41) is 5.67. The van der Waals surface area contributed by atoms with Crippen molar-refractivity contribution in [3.8, 4) is 0 Å². The van der Waals surface area contributed by atoms with E-state index in [9.17, 15) is 19.2 Å². The minimum atomic E-state index is -1.07. The Labute approximate surface area is 193 Å². The van der Waals surface area contributed by atoms with Crippen molar-refractivity contribution < 1.29 is 23.6 Å². The highest BCUT2D eigenvalue weighted by Gasteiger charge is 2.59. The summed E-state index contributed by atoms with van der Waals surface area (Å²) >= 11 is 0. The van der Waals surface area contributed by atoms with E-state index in [1.807, 2.05) is 12.2 Å². The third-order valence-electron chi connectivity index (χ3n) is 6.94. The Balaban J connectivity index is 1.55. The monoisotopic (exact) mass is 456 g/mol. The third kappa shape index (κ3) is 4.82.